The average Bonchev–Trinajstić information content (AvgIpc) is 3.52. The fourth-order valence-electron chi connectivity index (χ4n) is 6.36. The molecular weight excluding hydrogens is 686 g/mol. The summed E-state index contributed by atoms with van der Waals surface area (Å²) >= 11 is 0. The highest BCUT2D eigenvalue weighted by molar-refractivity contribution is 5.98. The lowest BCUT2D eigenvalue weighted by molar-refractivity contribution is -0.139. The highest BCUT2D eigenvalue weighted by Gasteiger charge is 2.19. The van der Waals surface area contributed by atoms with Gasteiger partial charge < -0.3 is 26.2 Å². The van der Waals surface area contributed by atoms with Gasteiger partial charge in [0.05, 0.1) is 16.6 Å². The van der Waals surface area contributed by atoms with Crippen molar-refractivity contribution in [2.45, 2.75) is 98.2 Å². The van der Waals surface area contributed by atoms with Gasteiger partial charge in [0.1, 0.15) is 17.7 Å². The van der Waals surface area contributed by atoms with Crippen LogP contribution in [-0.2, 0) is 9.59 Å². The van der Waals surface area contributed by atoms with Crippen LogP contribution < -0.4 is 16.4 Å². The summed E-state index contributed by atoms with van der Waals surface area (Å²) in [4.78, 5) is 37.9. The van der Waals surface area contributed by atoms with Gasteiger partial charge >= 0.3 is 5.97 Å². The largest absolute Gasteiger partial charge is 0.483 e. The molecule has 1 aliphatic carbocycles. The molecule has 10 nitrogen and oxygen atoms in total. The zero-order valence-electron chi connectivity index (χ0n) is 32.3. The molecule has 0 aliphatic heterocycles. The van der Waals surface area contributed by atoms with E-state index < -0.39 is 12.0 Å². The van der Waals surface area contributed by atoms with E-state index in [2.05, 4.69) is 58.7 Å². The third-order valence-electron chi connectivity index (χ3n) is 8.81. The SMILES string of the molecule is CC(NC(C)(C)C)C(=O)O.Cc1ccc(C(N)=O)c(NC2CCCCC2)c1.Cc1ccccc1-c1c(C)cccc1-c1nc2ccc(F)cc2[nH]1.O=CO. The van der Waals surface area contributed by atoms with E-state index in [0.29, 0.717) is 17.1 Å². The molecule has 54 heavy (non-hydrogen) atoms. The lowest BCUT2D eigenvalue weighted by Crippen LogP contribution is -2.45. The Balaban J connectivity index is 0.000000228. The number of anilines is 1. The molecule has 288 valence electrons. The van der Waals surface area contributed by atoms with Gasteiger partial charge in [0.2, 0.25) is 0 Å². The van der Waals surface area contributed by atoms with E-state index in [1.165, 1.54) is 60.9 Å². The molecule has 6 rings (SSSR count). The van der Waals surface area contributed by atoms with Crippen LogP contribution >= 0.6 is 0 Å². The third-order valence-corrected chi connectivity index (χ3v) is 8.81. The number of carboxylic acids is 1. The monoisotopic (exact) mass is 739 g/mol. The quantitative estimate of drug-likeness (QED) is 0.0898. The number of carbonyl (C=O) groups excluding carboxylic acids is 1. The van der Waals surface area contributed by atoms with Crippen molar-refractivity contribution in [3.63, 3.8) is 0 Å². The molecule has 0 radical (unpaired) electrons. The van der Waals surface area contributed by atoms with E-state index in [0.717, 1.165) is 33.7 Å². The number of aromatic nitrogens is 2. The number of aliphatic carboxylic acids is 1. The number of amides is 1. The van der Waals surface area contributed by atoms with Gasteiger partial charge in [0.25, 0.3) is 12.4 Å². The molecule has 1 heterocycles. The van der Waals surface area contributed by atoms with Crippen LogP contribution in [0.4, 0.5) is 10.1 Å². The molecule has 1 amide bonds. The van der Waals surface area contributed by atoms with E-state index in [9.17, 15) is 14.0 Å². The number of nitrogens with zero attached hydrogens (tertiary/aromatic N) is 1. The zero-order chi connectivity index (χ0) is 40.0. The molecule has 0 saturated heterocycles. The molecule has 7 N–H and O–H groups in total. The van der Waals surface area contributed by atoms with Crippen LogP contribution in [0.25, 0.3) is 33.5 Å². The van der Waals surface area contributed by atoms with Crippen molar-refractivity contribution in [3.05, 3.63) is 107 Å². The fourth-order valence-corrected chi connectivity index (χ4v) is 6.36. The minimum absolute atomic E-state index is 0.127. The molecule has 1 atom stereocenters. The van der Waals surface area contributed by atoms with Crippen molar-refractivity contribution in [1.82, 2.24) is 15.3 Å². The van der Waals surface area contributed by atoms with Gasteiger partial charge in [-0.25, -0.2) is 9.37 Å². The number of hydrogen-bond donors (Lipinski definition) is 6. The maximum atomic E-state index is 13.5. The predicted molar refractivity (Wildman–Crippen MR) is 215 cm³/mol. The van der Waals surface area contributed by atoms with Crippen molar-refractivity contribution < 1.29 is 29.0 Å². The van der Waals surface area contributed by atoms with Crippen LogP contribution in [0.2, 0.25) is 0 Å². The number of fused-ring (bicyclic) bond motifs is 1. The molecule has 0 spiro atoms. The summed E-state index contributed by atoms with van der Waals surface area (Å²) in [6.45, 7) is 13.4. The number of rotatable bonds is 7. The van der Waals surface area contributed by atoms with Crippen molar-refractivity contribution >= 4 is 35.1 Å². The number of imidazole rings is 1. The summed E-state index contributed by atoms with van der Waals surface area (Å²) in [7, 11) is 0. The van der Waals surface area contributed by atoms with Gasteiger partial charge in [-0.3, -0.25) is 19.7 Å². The number of hydrogen-bond acceptors (Lipinski definition) is 6. The summed E-state index contributed by atoms with van der Waals surface area (Å²) in [6, 6.07) is 24.9. The standard InChI is InChI=1S/C21H17FN2.C14H20N2O.C7H15NO2.CH2O2/c1-13-6-3-4-8-16(13)20-14(2)7-5-9-17(20)21-23-18-11-10-15(22)12-19(18)24-21;1-10-7-8-12(14(15)17)13(9-10)16-11-5-3-2-4-6-11;1-5(6(9)10)8-7(2,3)4;2-1-3/h3-12H,1-2H3,(H,23,24);7-9,11,16H,2-6H2,1H3,(H2,15,17);5,8H,1-4H3,(H,9,10);1H,(H,2,3). The predicted octanol–water partition coefficient (Wildman–Crippen LogP) is 9.04. The van der Waals surface area contributed by atoms with Gasteiger partial charge in [0, 0.05) is 22.8 Å². The Bertz CT molecular complexity index is 2010. The number of nitrogens with one attached hydrogen (secondary N) is 3. The number of carbonyl (C=O) groups is 3. The first kappa shape index (κ1) is 42.9. The summed E-state index contributed by atoms with van der Waals surface area (Å²) in [5.41, 5.74) is 15.2. The number of aryl methyl sites for hydroxylation is 3. The Morgan fingerprint density at radius 1 is 0.926 bits per heavy atom. The van der Waals surface area contributed by atoms with E-state index in [1.54, 1.807) is 13.0 Å². The highest BCUT2D eigenvalue weighted by Crippen LogP contribution is 2.36. The molecule has 4 aromatic carbocycles. The van der Waals surface area contributed by atoms with Crippen LogP contribution in [0, 0.1) is 26.6 Å². The molecular formula is C43H54FN5O5. The Labute approximate surface area is 317 Å². The normalized spacial score (nSPS) is 13.2. The van der Waals surface area contributed by atoms with E-state index >= 15 is 0 Å². The van der Waals surface area contributed by atoms with Crippen LogP contribution in [0.3, 0.4) is 0 Å². The van der Waals surface area contributed by atoms with Gasteiger partial charge in [-0.2, -0.15) is 0 Å². The topological polar surface area (TPSA) is 170 Å². The molecule has 1 aliphatic rings. The van der Waals surface area contributed by atoms with Crippen molar-refractivity contribution in [3.8, 4) is 22.5 Å². The lowest BCUT2D eigenvalue weighted by atomic mass is 9.92. The zero-order valence-corrected chi connectivity index (χ0v) is 32.3. The second-order valence-electron chi connectivity index (χ2n) is 14.5. The van der Waals surface area contributed by atoms with Crippen LogP contribution in [0.5, 0.6) is 0 Å². The molecule has 11 heteroatoms. The number of primary amides is 1. The maximum absolute atomic E-state index is 13.5. The van der Waals surface area contributed by atoms with Crippen LogP contribution in [0.15, 0.2) is 78.9 Å². The highest BCUT2D eigenvalue weighted by atomic mass is 19.1. The second-order valence-corrected chi connectivity index (χ2v) is 14.5. The smallest absolute Gasteiger partial charge is 0.320 e. The molecule has 1 fully saturated rings. The van der Waals surface area contributed by atoms with Crippen molar-refractivity contribution in [2.75, 3.05) is 5.32 Å². The number of benzene rings is 4. The number of carboxylic acid groups (broad SMARTS) is 2. The number of halogens is 1. The minimum atomic E-state index is -0.810. The first-order valence-electron chi connectivity index (χ1n) is 18.1. The van der Waals surface area contributed by atoms with Crippen LogP contribution in [0.1, 0.15) is 86.8 Å². The molecule has 1 saturated carbocycles. The maximum Gasteiger partial charge on any atom is 0.320 e. The fraction of sp³-hybridized carbons (Fsp3) is 0.349. The number of aromatic amines is 1. The van der Waals surface area contributed by atoms with Crippen LogP contribution in [-0.4, -0.2) is 56.2 Å². The Morgan fingerprint density at radius 3 is 2.15 bits per heavy atom. The lowest BCUT2D eigenvalue weighted by Gasteiger charge is -2.25. The van der Waals surface area contributed by atoms with E-state index in [-0.39, 0.29) is 23.7 Å². The van der Waals surface area contributed by atoms with Gasteiger partial charge in [0.15, 0.2) is 0 Å². The summed E-state index contributed by atoms with van der Waals surface area (Å²) < 4.78 is 13.5. The first-order valence-corrected chi connectivity index (χ1v) is 18.1. The number of nitrogens with two attached hydrogens (primary N) is 1. The average molecular weight is 740 g/mol. The van der Waals surface area contributed by atoms with E-state index in [1.807, 2.05) is 64.1 Å². The number of H-pyrrole nitrogens is 1. The van der Waals surface area contributed by atoms with Crippen molar-refractivity contribution in [1.29, 1.82) is 0 Å². The molecule has 1 unspecified atom stereocenters. The van der Waals surface area contributed by atoms with Gasteiger partial charge in [-0.1, -0.05) is 67.8 Å². The summed E-state index contributed by atoms with van der Waals surface area (Å²) in [6.07, 6.45) is 6.25. The molecule has 1 aromatic heterocycles. The van der Waals surface area contributed by atoms with Gasteiger partial charge in [-0.05, 0) is 119 Å². The molecule has 0 bridgehead atoms. The summed E-state index contributed by atoms with van der Waals surface area (Å²) in [5.74, 6) is -0.670. The Hall–Kier alpha value is -5.55. The van der Waals surface area contributed by atoms with Gasteiger partial charge in [-0.15, -0.1) is 0 Å². The summed E-state index contributed by atoms with van der Waals surface area (Å²) in [5, 5.41) is 21.8. The second kappa shape index (κ2) is 20.1. The van der Waals surface area contributed by atoms with E-state index in [4.69, 9.17) is 20.7 Å². The third kappa shape index (κ3) is 12.8. The first-order chi connectivity index (χ1) is 25.5. The Morgan fingerprint density at radius 2 is 1.56 bits per heavy atom. The molecule has 5 aromatic rings. The van der Waals surface area contributed by atoms with Crippen molar-refractivity contribution in [2.24, 2.45) is 5.73 Å². The Kier molecular flexibility index (Phi) is 15.9. The minimum Gasteiger partial charge on any atom is -0.483 e.